The van der Waals surface area contributed by atoms with Gasteiger partial charge < -0.3 is 10.6 Å². The maximum atomic E-state index is 12.6. The van der Waals surface area contributed by atoms with Crippen LogP contribution in [0.15, 0.2) is 4.90 Å². The van der Waals surface area contributed by atoms with Crippen molar-refractivity contribution < 1.29 is 13.2 Å². The lowest BCUT2D eigenvalue weighted by atomic mass is 9.93. The number of likely N-dealkylation sites (N-methyl/N-ethyl adjacent to an activating group) is 1. The number of hydrogen-bond donors (Lipinski definition) is 2. The van der Waals surface area contributed by atoms with Crippen LogP contribution in [-0.4, -0.2) is 55.2 Å². The first-order valence-corrected chi connectivity index (χ1v) is 9.28. The number of aryl methyl sites for hydroxylation is 2. The molecule has 1 rings (SSSR count). The van der Waals surface area contributed by atoms with E-state index in [1.165, 1.54) is 16.5 Å². The molecule has 0 aliphatic carbocycles. The zero-order valence-electron chi connectivity index (χ0n) is 15.5. The van der Waals surface area contributed by atoms with Crippen LogP contribution in [0, 0.1) is 19.3 Å². The normalized spacial score (nSPS) is 13.8. The minimum absolute atomic E-state index is 0.120. The highest BCUT2D eigenvalue weighted by Gasteiger charge is 2.30. The molecule has 8 nitrogen and oxygen atoms in total. The minimum Gasteiger partial charge on any atom is -0.344 e. The van der Waals surface area contributed by atoms with Crippen molar-refractivity contribution in [2.45, 2.75) is 45.6 Å². The van der Waals surface area contributed by atoms with Crippen LogP contribution in [-0.2, 0) is 21.9 Å². The number of amides is 1. The van der Waals surface area contributed by atoms with Crippen LogP contribution in [0.1, 0.15) is 32.2 Å². The fourth-order valence-corrected chi connectivity index (χ4v) is 4.24. The van der Waals surface area contributed by atoms with Gasteiger partial charge in [0.2, 0.25) is 15.9 Å². The molecule has 0 aliphatic rings. The molecule has 0 saturated carbocycles. The number of carbonyl (C=O) groups is 1. The second-order valence-electron chi connectivity index (χ2n) is 7.03. The average molecular weight is 359 g/mol. The molecule has 0 bridgehead atoms. The van der Waals surface area contributed by atoms with Crippen molar-refractivity contribution in [1.29, 1.82) is 0 Å². The van der Waals surface area contributed by atoms with Crippen molar-refractivity contribution >= 4 is 15.9 Å². The predicted molar refractivity (Wildman–Crippen MR) is 92.9 cm³/mol. The second-order valence-corrected chi connectivity index (χ2v) is 8.68. The number of hydrogen-bond acceptors (Lipinski definition) is 5. The van der Waals surface area contributed by atoms with Crippen LogP contribution in [0.4, 0.5) is 0 Å². The fraction of sp³-hybridized carbons (Fsp3) is 0.733. The molecule has 0 aliphatic heterocycles. The zero-order valence-corrected chi connectivity index (χ0v) is 16.4. The first-order valence-electron chi connectivity index (χ1n) is 7.80. The van der Waals surface area contributed by atoms with E-state index in [0.717, 1.165) is 0 Å². The fourth-order valence-electron chi connectivity index (χ4n) is 2.60. The Morgan fingerprint density at radius 3 is 2.38 bits per heavy atom. The van der Waals surface area contributed by atoms with E-state index < -0.39 is 16.1 Å². The standard InChI is InChI=1S/C15H29N5O3S/c1-10-13(12(3)20(7)17-10)24(22,23)18-11(2)14(21)19(6)9-15(4,5)8-16/h11,18H,8-9,16H2,1-7H3. The zero-order chi connectivity index (χ0) is 18.9. The monoisotopic (exact) mass is 359 g/mol. The third-order valence-electron chi connectivity index (χ3n) is 4.01. The van der Waals surface area contributed by atoms with Gasteiger partial charge in [0.05, 0.1) is 17.4 Å². The molecule has 138 valence electrons. The Kier molecular flexibility index (Phi) is 6.18. The van der Waals surface area contributed by atoms with Crippen molar-refractivity contribution in [3.8, 4) is 0 Å². The van der Waals surface area contributed by atoms with Gasteiger partial charge in [-0.1, -0.05) is 13.8 Å². The molecule has 0 fully saturated rings. The molecule has 1 atom stereocenters. The second kappa shape index (κ2) is 7.20. The van der Waals surface area contributed by atoms with Crippen molar-refractivity contribution in [1.82, 2.24) is 19.4 Å². The lowest BCUT2D eigenvalue weighted by molar-refractivity contribution is -0.132. The smallest absolute Gasteiger partial charge is 0.244 e. The van der Waals surface area contributed by atoms with Gasteiger partial charge in [-0.3, -0.25) is 9.48 Å². The Hall–Kier alpha value is -1.45. The van der Waals surface area contributed by atoms with Gasteiger partial charge in [-0.15, -0.1) is 0 Å². The number of nitrogens with zero attached hydrogens (tertiary/aromatic N) is 3. The molecular formula is C15H29N5O3S. The Morgan fingerprint density at radius 2 is 1.96 bits per heavy atom. The number of rotatable bonds is 7. The Balaban J connectivity index is 2.93. The van der Waals surface area contributed by atoms with Gasteiger partial charge in [-0.2, -0.15) is 9.82 Å². The first kappa shape index (κ1) is 20.6. The van der Waals surface area contributed by atoms with Gasteiger partial charge >= 0.3 is 0 Å². The lowest BCUT2D eigenvalue weighted by Crippen LogP contribution is -2.48. The third kappa shape index (κ3) is 4.55. The maximum Gasteiger partial charge on any atom is 0.244 e. The van der Waals surface area contributed by atoms with Crippen molar-refractivity contribution in [2.75, 3.05) is 20.1 Å². The summed E-state index contributed by atoms with van der Waals surface area (Å²) in [6.45, 7) is 9.62. The molecular weight excluding hydrogens is 330 g/mol. The summed E-state index contributed by atoms with van der Waals surface area (Å²) in [5, 5.41) is 4.11. The van der Waals surface area contributed by atoms with E-state index in [-0.39, 0.29) is 16.2 Å². The predicted octanol–water partition coefficient (Wildman–Crippen LogP) is 0.147. The van der Waals surface area contributed by atoms with Gasteiger partial charge in [-0.25, -0.2) is 8.42 Å². The molecule has 1 amide bonds. The molecule has 1 aromatic heterocycles. The van der Waals surface area contributed by atoms with Crippen molar-refractivity contribution in [3.63, 3.8) is 0 Å². The van der Waals surface area contributed by atoms with Gasteiger partial charge in [0, 0.05) is 20.6 Å². The summed E-state index contributed by atoms with van der Waals surface area (Å²) >= 11 is 0. The molecule has 0 aromatic carbocycles. The van der Waals surface area contributed by atoms with Crippen LogP contribution >= 0.6 is 0 Å². The summed E-state index contributed by atoms with van der Waals surface area (Å²) in [4.78, 5) is 14.1. The third-order valence-corrected chi connectivity index (χ3v) is 5.80. The first-order chi connectivity index (χ1) is 10.8. The average Bonchev–Trinajstić information content (AvgIpc) is 2.70. The van der Waals surface area contributed by atoms with Crippen LogP contribution in [0.5, 0.6) is 0 Å². The number of sulfonamides is 1. The molecule has 9 heteroatoms. The van der Waals surface area contributed by atoms with E-state index in [0.29, 0.717) is 24.5 Å². The van der Waals surface area contributed by atoms with Crippen molar-refractivity contribution in [2.24, 2.45) is 18.2 Å². The summed E-state index contributed by atoms with van der Waals surface area (Å²) in [5.41, 5.74) is 6.38. The molecule has 1 aromatic rings. The van der Waals surface area contributed by atoms with Gasteiger partial charge in [0.25, 0.3) is 0 Å². The highest BCUT2D eigenvalue weighted by Crippen LogP contribution is 2.19. The molecule has 24 heavy (non-hydrogen) atoms. The Morgan fingerprint density at radius 1 is 1.42 bits per heavy atom. The van der Waals surface area contributed by atoms with Gasteiger partial charge in [-0.05, 0) is 32.7 Å². The topological polar surface area (TPSA) is 110 Å². The van der Waals surface area contributed by atoms with Crippen LogP contribution in [0.2, 0.25) is 0 Å². The number of carbonyl (C=O) groups excluding carboxylic acids is 1. The number of nitrogens with two attached hydrogens (primary N) is 1. The minimum atomic E-state index is -3.83. The molecule has 1 unspecified atom stereocenters. The summed E-state index contributed by atoms with van der Waals surface area (Å²) in [6, 6.07) is -0.882. The van der Waals surface area contributed by atoms with E-state index in [9.17, 15) is 13.2 Å². The molecule has 3 N–H and O–H groups in total. The number of aromatic nitrogens is 2. The lowest BCUT2D eigenvalue weighted by Gasteiger charge is -2.30. The van der Waals surface area contributed by atoms with Crippen molar-refractivity contribution in [3.05, 3.63) is 11.4 Å². The summed E-state index contributed by atoms with van der Waals surface area (Å²) < 4.78 is 29.2. The highest BCUT2D eigenvalue weighted by molar-refractivity contribution is 7.89. The van der Waals surface area contributed by atoms with Crippen LogP contribution in [0.25, 0.3) is 0 Å². The van der Waals surface area contributed by atoms with Crippen LogP contribution < -0.4 is 10.5 Å². The molecule has 0 saturated heterocycles. The Bertz CT molecular complexity index is 709. The van der Waals surface area contributed by atoms with E-state index in [1.807, 2.05) is 13.8 Å². The summed E-state index contributed by atoms with van der Waals surface area (Å²) in [5.74, 6) is -0.306. The Labute approximate surface area is 144 Å². The summed E-state index contributed by atoms with van der Waals surface area (Å²) in [6.07, 6.45) is 0. The highest BCUT2D eigenvalue weighted by atomic mass is 32.2. The molecule has 1 heterocycles. The van der Waals surface area contributed by atoms with E-state index in [1.54, 1.807) is 27.9 Å². The van der Waals surface area contributed by atoms with E-state index in [4.69, 9.17) is 5.73 Å². The van der Waals surface area contributed by atoms with Crippen LogP contribution in [0.3, 0.4) is 0 Å². The van der Waals surface area contributed by atoms with Gasteiger partial charge in [0.1, 0.15) is 4.90 Å². The molecule has 0 spiro atoms. The van der Waals surface area contributed by atoms with E-state index in [2.05, 4.69) is 9.82 Å². The van der Waals surface area contributed by atoms with Gasteiger partial charge in [0.15, 0.2) is 0 Å². The summed E-state index contributed by atoms with van der Waals surface area (Å²) in [7, 11) is -0.510. The number of nitrogens with one attached hydrogen (secondary N) is 1. The molecule has 0 radical (unpaired) electrons. The SMILES string of the molecule is Cc1nn(C)c(C)c1S(=O)(=O)NC(C)C(=O)N(C)CC(C)(C)CN. The maximum absolute atomic E-state index is 12.6. The van der Waals surface area contributed by atoms with E-state index >= 15 is 0 Å². The quantitative estimate of drug-likeness (QED) is 0.720. The largest absolute Gasteiger partial charge is 0.344 e.